The highest BCUT2D eigenvalue weighted by molar-refractivity contribution is 7.09. The second-order valence-corrected chi connectivity index (χ2v) is 7.19. The van der Waals surface area contributed by atoms with E-state index in [0.29, 0.717) is 47.3 Å². The topological polar surface area (TPSA) is 62.0 Å². The number of aryl methyl sites for hydroxylation is 2. The molecule has 1 saturated heterocycles. The van der Waals surface area contributed by atoms with Gasteiger partial charge in [-0.1, -0.05) is 11.6 Å². The van der Waals surface area contributed by atoms with E-state index in [-0.39, 0.29) is 12.2 Å². The number of methoxy groups -OCH3 is 1. The van der Waals surface area contributed by atoms with E-state index in [1.807, 2.05) is 17.7 Å². The molecular weight excluding hydrogens is 364 g/mol. The first-order chi connectivity index (χ1) is 12.1. The summed E-state index contributed by atoms with van der Waals surface area (Å²) in [6, 6.07) is 4.90. The third kappa shape index (κ3) is 4.49. The van der Waals surface area contributed by atoms with E-state index in [0.717, 1.165) is 4.88 Å². The Balaban J connectivity index is 1.85. The van der Waals surface area contributed by atoms with E-state index in [1.165, 1.54) is 18.4 Å². The first-order valence-corrected chi connectivity index (χ1v) is 9.09. The summed E-state index contributed by atoms with van der Waals surface area (Å²) < 4.78 is 18.1. The van der Waals surface area contributed by atoms with Crippen LogP contribution in [0, 0.1) is 6.92 Å². The summed E-state index contributed by atoms with van der Waals surface area (Å²) in [7, 11) is 1.51. The van der Waals surface area contributed by atoms with Gasteiger partial charge >= 0.3 is 0 Å². The molecule has 6 nitrogen and oxygen atoms in total. The summed E-state index contributed by atoms with van der Waals surface area (Å²) >= 11 is 7.46. The van der Waals surface area contributed by atoms with Crippen molar-refractivity contribution < 1.29 is 19.0 Å². The molecule has 0 unspecified atom stereocenters. The highest BCUT2D eigenvalue weighted by Crippen LogP contribution is 2.23. The van der Waals surface area contributed by atoms with Gasteiger partial charge in [-0.25, -0.2) is 0 Å². The van der Waals surface area contributed by atoms with Crippen LogP contribution in [-0.4, -0.2) is 37.1 Å². The number of aromatic nitrogens is 1. The van der Waals surface area contributed by atoms with Crippen LogP contribution in [0.3, 0.4) is 0 Å². The molecule has 3 rings (SSSR count). The third-order valence-electron chi connectivity index (χ3n) is 3.72. The predicted octanol–water partition coefficient (Wildman–Crippen LogP) is 3.02. The molecule has 1 aromatic heterocycles. The van der Waals surface area contributed by atoms with Crippen LogP contribution in [0.5, 0.6) is 5.75 Å². The van der Waals surface area contributed by atoms with E-state index in [1.54, 1.807) is 18.2 Å². The molecular formula is C17H19ClN2O4S. The van der Waals surface area contributed by atoms with E-state index >= 15 is 0 Å². The number of amides is 1. The lowest BCUT2D eigenvalue weighted by Gasteiger charge is -2.09. The summed E-state index contributed by atoms with van der Waals surface area (Å²) in [5, 5.41) is 0.463. The molecule has 0 N–H and O–H groups in total. The molecule has 1 aliphatic heterocycles. The van der Waals surface area contributed by atoms with Crippen LogP contribution in [0.4, 0.5) is 0 Å². The number of hydrogen-bond acceptors (Lipinski definition) is 5. The largest absolute Gasteiger partial charge is 0.496 e. The maximum absolute atomic E-state index is 12.6. The van der Waals surface area contributed by atoms with E-state index in [9.17, 15) is 4.79 Å². The fourth-order valence-corrected chi connectivity index (χ4v) is 3.59. The molecule has 25 heavy (non-hydrogen) atoms. The SMILES string of the molecule is COc1ccc(Cl)cc1C(=O)N=c1sc(C)cn1CCC1OCCO1. The van der Waals surface area contributed by atoms with Crippen LogP contribution in [-0.2, 0) is 16.0 Å². The molecule has 2 aromatic rings. The summed E-state index contributed by atoms with van der Waals surface area (Å²) in [5.74, 6) is 0.0639. The standard InChI is InChI=1S/C17H19ClN2O4S/c1-11-10-20(6-5-15-23-7-8-24-15)17(25-11)19-16(21)13-9-12(18)3-4-14(13)22-2/h3-4,9-10,15H,5-8H2,1-2H3. The van der Waals surface area contributed by atoms with Gasteiger partial charge in [-0.05, 0) is 25.1 Å². The summed E-state index contributed by atoms with van der Waals surface area (Å²) in [4.78, 5) is 18.6. The molecule has 1 aromatic carbocycles. The predicted molar refractivity (Wildman–Crippen MR) is 95.3 cm³/mol. The Labute approximate surface area is 154 Å². The van der Waals surface area contributed by atoms with Crippen molar-refractivity contribution in [3.63, 3.8) is 0 Å². The zero-order valence-corrected chi connectivity index (χ0v) is 15.6. The Morgan fingerprint density at radius 3 is 2.92 bits per heavy atom. The van der Waals surface area contributed by atoms with Crippen LogP contribution in [0.15, 0.2) is 29.4 Å². The summed E-state index contributed by atoms with van der Waals surface area (Å²) in [5.41, 5.74) is 0.343. The molecule has 8 heteroatoms. The maximum atomic E-state index is 12.6. The molecule has 0 saturated carbocycles. The second-order valence-electron chi connectivity index (χ2n) is 5.54. The Morgan fingerprint density at radius 1 is 1.44 bits per heavy atom. The minimum atomic E-state index is -0.386. The van der Waals surface area contributed by atoms with Gasteiger partial charge in [-0.2, -0.15) is 4.99 Å². The molecule has 1 fully saturated rings. The van der Waals surface area contributed by atoms with Crippen molar-refractivity contribution in [2.75, 3.05) is 20.3 Å². The normalized spacial score (nSPS) is 15.7. The van der Waals surface area contributed by atoms with Gasteiger partial charge in [0.1, 0.15) is 5.75 Å². The molecule has 2 heterocycles. The van der Waals surface area contributed by atoms with Gasteiger partial charge in [0.2, 0.25) is 0 Å². The zero-order chi connectivity index (χ0) is 17.8. The van der Waals surface area contributed by atoms with Crippen molar-refractivity contribution in [1.29, 1.82) is 0 Å². The molecule has 1 amide bonds. The third-order valence-corrected chi connectivity index (χ3v) is 4.89. The number of benzene rings is 1. The van der Waals surface area contributed by atoms with Crippen molar-refractivity contribution in [1.82, 2.24) is 4.57 Å². The number of thiazole rings is 1. The van der Waals surface area contributed by atoms with Crippen LogP contribution in [0.25, 0.3) is 0 Å². The lowest BCUT2D eigenvalue weighted by Crippen LogP contribution is -2.20. The molecule has 0 spiro atoms. The van der Waals surface area contributed by atoms with Gasteiger partial charge in [0.05, 0.1) is 25.9 Å². The molecule has 0 bridgehead atoms. The molecule has 0 aliphatic carbocycles. The fraction of sp³-hybridized carbons (Fsp3) is 0.412. The first-order valence-electron chi connectivity index (χ1n) is 7.89. The van der Waals surface area contributed by atoms with Crippen LogP contribution in [0.1, 0.15) is 21.7 Å². The number of rotatable bonds is 5. The Bertz CT molecular complexity index is 824. The van der Waals surface area contributed by atoms with Crippen molar-refractivity contribution in [2.24, 2.45) is 4.99 Å². The lowest BCUT2D eigenvalue weighted by molar-refractivity contribution is -0.0491. The molecule has 0 radical (unpaired) electrons. The minimum absolute atomic E-state index is 0.190. The second kappa shape index (κ2) is 8.14. The van der Waals surface area contributed by atoms with Gasteiger partial charge in [0, 0.05) is 29.1 Å². The van der Waals surface area contributed by atoms with Crippen molar-refractivity contribution in [3.05, 3.63) is 44.7 Å². The van der Waals surface area contributed by atoms with Gasteiger partial charge < -0.3 is 18.8 Å². The van der Waals surface area contributed by atoms with Crippen LogP contribution >= 0.6 is 22.9 Å². The van der Waals surface area contributed by atoms with Crippen molar-refractivity contribution in [3.8, 4) is 5.75 Å². The number of halogens is 1. The highest BCUT2D eigenvalue weighted by atomic mass is 35.5. The van der Waals surface area contributed by atoms with Gasteiger partial charge in [0.25, 0.3) is 5.91 Å². The van der Waals surface area contributed by atoms with Gasteiger partial charge in [0.15, 0.2) is 11.1 Å². The number of carbonyl (C=O) groups is 1. The smallest absolute Gasteiger partial charge is 0.283 e. The molecule has 134 valence electrons. The quantitative estimate of drug-likeness (QED) is 0.797. The Kier molecular flexibility index (Phi) is 5.90. The van der Waals surface area contributed by atoms with Gasteiger partial charge in [-0.3, -0.25) is 4.79 Å². The first kappa shape index (κ1) is 18.1. The van der Waals surface area contributed by atoms with Crippen LogP contribution < -0.4 is 9.54 Å². The number of nitrogens with zero attached hydrogens (tertiary/aromatic N) is 2. The average Bonchev–Trinajstić information content (AvgIpc) is 3.22. The van der Waals surface area contributed by atoms with Crippen molar-refractivity contribution >= 4 is 28.8 Å². The molecule has 0 atom stereocenters. The zero-order valence-electron chi connectivity index (χ0n) is 14.0. The minimum Gasteiger partial charge on any atom is -0.496 e. The molecule has 1 aliphatic rings. The van der Waals surface area contributed by atoms with Crippen LogP contribution in [0.2, 0.25) is 5.02 Å². The van der Waals surface area contributed by atoms with E-state index in [2.05, 4.69) is 4.99 Å². The number of ether oxygens (including phenoxy) is 3. The van der Waals surface area contributed by atoms with E-state index < -0.39 is 0 Å². The monoisotopic (exact) mass is 382 g/mol. The number of hydrogen-bond donors (Lipinski definition) is 0. The average molecular weight is 383 g/mol. The fourth-order valence-electron chi connectivity index (χ4n) is 2.56. The van der Waals surface area contributed by atoms with Gasteiger partial charge in [-0.15, -0.1) is 11.3 Å². The highest BCUT2D eigenvalue weighted by Gasteiger charge is 2.17. The van der Waals surface area contributed by atoms with Crippen molar-refractivity contribution in [2.45, 2.75) is 26.2 Å². The van der Waals surface area contributed by atoms with E-state index in [4.69, 9.17) is 25.8 Å². The Hall–Kier alpha value is -1.67. The maximum Gasteiger partial charge on any atom is 0.283 e. The lowest BCUT2D eigenvalue weighted by atomic mass is 10.2. The summed E-state index contributed by atoms with van der Waals surface area (Å²) in [6.45, 7) is 3.89. The number of carbonyl (C=O) groups excluding carboxylic acids is 1. The Morgan fingerprint density at radius 2 is 2.20 bits per heavy atom. The summed E-state index contributed by atoms with van der Waals surface area (Å²) in [6.07, 6.45) is 2.49.